The second-order valence-electron chi connectivity index (χ2n) is 7.84. The number of piperidine rings is 1. The summed E-state index contributed by atoms with van der Waals surface area (Å²) >= 11 is 0. The molecule has 146 valence electrons. The summed E-state index contributed by atoms with van der Waals surface area (Å²) in [5.41, 5.74) is 0.157. The highest BCUT2D eigenvalue weighted by atomic mass is 35.5. The van der Waals surface area contributed by atoms with E-state index in [0.717, 1.165) is 12.8 Å². The smallest absolute Gasteiger partial charge is 0.322 e. The zero-order chi connectivity index (χ0) is 18.3. The van der Waals surface area contributed by atoms with Crippen molar-refractivity contribution in [3.05, 3.63) is 29.8 Å². The van der Waals surface area contributed by atoms with Crippen molar-refractivity contribution in [3.63, 3.8) is 0 Å². The first-order chi connectivity index (χ1) is 12.4. The lowest BCUT2D eigenvalue weighted by Crippen LogP contribution is -2.40. The number of nitrogens with one attached hydrogen (secondary N) is 4. The van der Waals surface area contributed by atoms with Gasteiger partial charge < -0.3 is 16.0 Å². The summed E-state index contributed by atoms with van der Waals surface area (Å²) in [5.74, 6) is 0.0315. The van der Waals surface area contributed by atoms with E-state index in [-0.39, 0.29) is 18.3 Å². The first kappa shape index (κ1) is 19.6. The predicted molar refractivity (Wildman–Crippen MR) is 104 cm³/mol. The zero-order valence-electron chi connectivity index (χ0n) is 15.2. The molecule has 27 heavy (non-hydrogen) atoms. The molecule has 2 bridgehead atoms. The molecular weight excluding hydrogens is 368 g/mol. The Morgan fingerprint density at radius 2 is 1.93 bits per heavy atom. The number of benzene rings is 1. The van der Waals surface area contributed by atoms with E-state index < -0.39 is 17.5 Å². The van der Waals surface area contributed by atoms with Crippen molar-refractivity contribution in [2.24, 2.45) is 5.92 Å². The molecule has 3 saturated heterocycles. The van der Waals surface area contributed by atoms with E-state index in [9.17, 15) is 14.4 Å². The van der Waals surface area contributed by atoms with E-state index in [0.29, 0.717) is 35.7 Å². The Morgan fingerprint density at radius 3 is 2.56 bits per heavy atom. The van der Waals surface area contributed by atoms with Crippen molar-refractivity contribution in [3.8, 4) is 0 Å². The summed E-state index contributed by atoms with van der Waals surface area (Å²) in [6, 6.07) is 7.72. The van der Waals surface area contributed by atoms with Gasteiger partial charge in [-0.2, -0.15) is 0 Å². The molecule has 0 saturated carbocycles. The molecule has 4 N–H and O–H groups in total. The van der Waals surface area contributed by atoms with Gasteiger partial charge in [0, 0.05) is 24.2 Å². The monoisotopic (exact) mass is 392 g/mol. The fourth-order valence-corrected chi connectivity index (χ4v) is 4.47. The minimum Gasteiger partial charge on any atom is -0.326 e. The summed E-state index contributed by atoms with van der Waals surface area (Å²) in [5, 5.41) is 11.4. The van der Waals surface area contributed by atoms with Crippen molar-refractivity contribution in [1.82, 2.24) is 16.0 Å². The molecule has 0 aromatic heterocycles. The maximum absolute atomic E-state index is 12.5. The molecule has 3 aliphatic heterocycles. The van der Waals surface area contributed by atoms with Crippen molar-refractivity contribution >= 4 is 35.9 Å². The Morgan fingerprint density at radius 1 is 1.22 bits per heavy atom. The van der Waals surface area contributed by atoms with Gasteiger partial charge >= 0.3 is 6.03 Å². The summed E-state index contributed by atoms with van der Waals surface area (Å²) < 4.78 is 0. The molecular formula is C19H25ClN4O3. The van der Waals surface area contributed by atoms with Gasteiger partial charge in [0.05, 0.1) is 0 Å². The Kier molecular flexibility index (Phi) is 5.44. The third kappa shape index (κ3) is 3.94. The van der Waals surface area contributed by atoms with E-state index in [1.807, 2.05) is 0 Å². The van der Waals surface area contributed by atoms with Crippen molar-refractivity contribution in [2.75, 3.05) is 5.32 Å². The molecule has 0 spiro atoms. The second kappa shape index (κ2) is 7.48. The molecule has 3 unspecified atom stereocenters. The highest BCUT2D eigenvalue weighted by Crippen LogP contribution is 2.33. The quantitative estimate of drug-likeness (QED) is 0.589. The van der Waals surface area contributed by atoms with Gasteiger partial charge in [-0.15, -0.1) is 12.4 Å². The van der Waals surface area contributed by atoms with Crippen LogP contribution in [0.4, 0.5) is 10.5 Å². The van der Waals surface area contributed by atoms with Crippen LogP contribution in [0.15, 0.2) is 24.3 Å². The minimum atomic E-state index is -1.12. The molecule has 3 heterocycles. The summed E-state index contributed by atoms with van der Waals surface area (Å²) in [6.45, 7) is 1.65. The number of halogens is 1. The van der Waals surface area contributed by atoms with Gasteiger partial charge in [-0.1, -0.05) is 12.1 Å². The van der Waals surface area contributed by atoms with Crippen LogP contribution in [0.2, 0.25) is 0 Å². The number of fused-ring (bicyclic) bond motifs is 2. The topological polar surface area (TPSA) is 99.3 Å². The lowest BCUT2D eigenvalue weighted by atomic mass is 9.89. The van der Waals surface area contributed by atoms with E-state index >= 15 is 0 Å². The highest BCUT2D eigenvalue weighted by Gasteiger charge is 2.43. The molecule has 7 nitrogen and oxygen atoms in total. The lowest BCUT2D eigenvalue weighted by molar-refractivity contribution is -0.123. The van der Waals surface area contributed by atoms with Gasteiger partial charge in [0.2, 0.25) is 5.91 Å². The summed E-state index contributed by atoms with van der Waals surface area (Å²) in [6.07, 6.45) is 5.09. The first-order valence-corrected chi connectivity index (χ1v) is 9.22. The van der Waals surface area contributed by atoms with Crippen LogP contribution in [-0.4, -0.2) is 29.9 Å². The van der Waals surface area contributed by atoms with Crippen LogP contribution in [0, 0.1) is 5.92 Å². The van der Waals surface area contributed by atoms with E-state index in [4.69, 9.17) is 0 Å². The molecule has 8 heteroatoms. The van der Waals surface area contributed by atoms with Crippen LogP contribution in [-0.2, 0) is 15.1 Å². The van der Waals surface area contributed by atoms with Crippen molar-refractivity contribution in [1.29, 1.82) is 0 Å². The first-order valence-electron chi connectivity index (χ1n) is 9.22. The second-order valence-corrected chi connectivity index (χ2v) is 7.84. The van der Waals surface area contributed by atoms with Crippen LogP contribution < -0.4 is 21.3 Å². The largest absolute Gasteiger partial charge is 0.326 e. The van der Waals surface area contributed by atoms with Crippen LogP contribution in [0.1, 0.15) is 44.6 Å². The predicted octanol–water partition coefficient (Wildman–Crippen LogP) is 2.02. The minimum absolute atomic E-state index is 0. The van der Waals surface area contributed by atoms with Gasteiger partial charge in [0.1, 0.15) is 5.54 Å². The van der Waals surface area contributed by atoms with Gasteiger partial charge in [-0.25, -0.2) is 4.79 Å². The van der Waals surface area contributed by atoms with Crippen molar-refractivity contribution in [2.45, 2.75) is 56.7 Å². The number of carbonyl (C=O) groups excluding carboxylic acids is 3. The van der Waals surface area contributed by atoms with Crippen LogP contribution >= 0.6 is 12.4 Å². The van der Waals surface area contributed by atoms with Crippen LogP contribution in [0.25, 0.3) is 0 Å². The molecule has 3 aliphatic rings. The van der Waals surface area contributed by atoms with E-state index in [1.165, 1.54) is 12.8 Å². The molecule has 3 fully saturated rings. The Labute approximate surface area is 164 Å². The third-order valence-electron chi connectivity index (χ3n) is 5.81. The van der Waals surface area contributed by atoms with Gasteiger partial charge in [0.15, 0.2) is 0 Å². The lowest BCUT2D eigenvalue weighted by Gasteiger charge is -2.28. The average Bonchev–Trinajstić information content (AvgIpc) is 3.06. The molecule has 3 atom stereocenters. The molecule has 1 aromatic rings. The Hall–Kier alpha value is -2.12. The van der Waals surface area contributed by atoms with Gasteiger partial charge in [-0.3, -0.25) is 14.9 Å². The standard InChI is InChI=1S/C19H24N4O3.ClH/c1-19(17(25)22-18(26)23-19)12-3-2-4-13(10-12)21-16(24)9-11-7-14-5-6-15(8-11)20-14;/h2-4,10-11,14-15,20H,5-9H2,1H3,(H,21,24)(H2,22,23,25,26);1H. The number of imide groups is 1. The number of amides is 4. The van der Waals surface area contributed by atoms with Crippen LogP contribution in [0.3, 0.4) is 0 Å². The number of hydrogen-bond donors (Lipinski definition) is 4. The molecule has 0 radical (unpaired) electrons. The number of carbonyl (C=O) groups is 3. The molecule has 0 aliphatic carbocycles. The number of urea groups is 1. The van der Waals surface area contributed by atoms with Crippen molar-refractivity contribution < 1.29 is 14.4 Å². The van der Waals surface area contributed by atoms with E-state index in [1.54, 1.807) is 31.2 Å². The summed E-state index contributed by atoms with van der Waals surface area (Å²) in [4.78, 5) is 36.0. The third-order valence-corrected chi connectivity index (χ3v) is 5.81. The normalized spacial score (nSPS) is 31.7. The molecule has 4 rings (SSSR count). The van der Waals surface area contributed by atoms with Crippen LogP contribution in [0.5, 0.6) is 0 Å². The maximum atomic E-state index is 12.5. The van der Waals surface area contributed by atoms with Gasteiger partial charge in [0.25, 0.3) is 5.91 Å². The number of anilines is 1. The zero-order valence-corrected chi connectivity index (χ0v) is 16.0. The Balaban J connectivity index is 0.00000210. The fraction of sp³-hybridized carbons (Fsp3) is 0.526. The summed E-state index contributed by atoms with van der Waals surface area (Å²) in [7, 11) is 0. The number of rotatable bonds is 4. The molecule has 4 amide bonds. The molecule has 1 aromatic carbocycles. The average molecular weight is 393 g/mol. The van der Waals surface area contributed by atoms with E-state index in [2.05, 4.69) is 21.3 Å². The number of hydrogen-bond acceptors (Lipinski definition) is 4. The highest BCUT2D eigenvalue weighted by molar-refractivity contribution is 6.07. The van der Waals surface area contributed by atoms with Gasteiger partial charge in [-0.05, 0) is 56.2 Å². The SMILES string of the molecule is CC1(c2cccc(NC(=O)CC3CC4CCC(C3)N4)c2)NC(=O)NC1=O.Cl. The maximum Gasteiger partial charge on any atom is 0.322 e. The Bertz CT molecular complexity index is 759. The fourth-order valence-electron chi connectivity index (χ4n) is 4.47.